The standard InChI is InChI=1S/C4H9NO2S.Cu/c1-2(8)3(5)4(6)7;/h2-3,8H,5H2,1H3,(H,6,7);/q;+2. The van der Waals surface area contributed by atoms with E-state index < -0.39 is 12.0 Å². The van der Waals surface area contributed by atoms with Crippen LogP contribution < -0.4 is 5.73 Å². The van der Waals surface area contributed by atoms with Crippen molar-refractivity contribution in [3.8, 4) is 0 Å². The van der Waals surface area contributed by atoms with Crippen LogP contribution in [0.5, 0.6) is 0 Å². The third-order valence-corrected chi connectivity index (χ3v) is 1.13. The van der Waals surface area contributed by atoms with Crippen molar-refractivity contribution in [1.29, 1.82) is 0 Å². The summed E-state index contributed by atoms with van der Waals surface area (Å²) in [5, 5.41) is 7.89. The Labute approximate surface area is 69.9 Å². The molecule has 3 N–H and O–H groups in total. The van der Waals surface area contributed by atoms with Crippen LogP contribution >= 0.6 is 12.6 Å². The minimum Gasteiger partial charge on any atom is -0.480 e. The van der Waals surface area contributed by atoms with E-state index in [4.69, 9.17) is 10.8 Å². The molecule has 0 aliphatic carbocycles. The van der Waals surface area contributed by atoms with Crippen LogP contribution in [0.3, 0.4) is 0 Å². The van der Waals surface area contributed by atoms with Crippen LogP contribution in [0.25, 0.3) is 0 Å². The van der Waals surface area contributed by atoms with Gasteiger partial charge in [0.25, 0.3) is 0 Å². The van der Waals surface area contributed by atoms with Crippen molar-refractivity contribution in [1.82, 2.24) is 0 Å². The second kappa shape index (κ2) is 5.11. The predicted octanol–water partition coefficient (Wildman–Crippen LogP) is -0.286. The Morgan fingerprint density at radius 1 is 1.78 bits per heavy atom. The minimum atomic E-state index is -1.01. The molecule has 0 aromatic heterocycles. The van der Waals surface area contributed by atoms with Crippen molar-refractivity contribution in [2.75, 3.05) is 0 Å². The topological polar surface area (TPSA) is 63.3 Å². The first-order valence-corrected chi connectivity index (χ1v) is 2.74. The van der Waals surface area contributed by atoms with Crippen LogP contribution in [-0.4, -0.2) is 22.4 Å². The van der Waals surface area contributed by atoms with Crippen molar-refractivity contribution < 1.29 is 27.0 Å². The van der Waals surface area contributed by atoms with Gasteiger partial charge in [0, 0.05) is 5.25 Å². The van der Waals surface area contributed by atoms with Gasteiger partial charge in [-0.15, -0.1) is 0 Å². The first-order chi connectivity index (χ1) is 3.55. The summed E-state index contributed by atoms with van der Waals surface area (Å²) in [6.45, 7) is 1.64. The Bertz CT molecular complexity index is 98.6. The normalized spacial score (nSPS) is 15.4. The summed E-state index contributed by atoms with van der Waals surface area (Å²) in [5.74, 6) is -1.01. The number of carbonyl (C=O) groups is 1. The first kappa shape index (κ1) is 12.0. The Morgan fingerprint density at radius 3 is 2.11 bits per heavy atom. The summed E-state index contributed by atoms with van der Waals surface area (Å²) < 4.78 is 0. The van der Waals surface area contributed by atoms with E-state index >= 15 is 0 Å². The molecule has 0 aliphatic heterocycles. The molecule has 0 aromatic carbocycles. The molecule has 3 nitrogen and oxygen atoms in total. The number of hydrogen-bond donors (Lipinski definition) is 3. The molecule has 57 valence electrons. The van der Waals surface area contributed by atoms with Crippen LogP contribution in [0.1, 0.15) is 6.92 Å². The van der Waals surface area contributed by atoms with Gasteiger partial charge in [-0.1, -0.05) is 6.92 Å². The van der Waals surface area contributed by atoms with Gasteiger partial charge in [-0.05, 0) is 0 Å². The van der Waals surface area contributed by atoms with Crippen LogP contribution in [0.4, 0.5) is 0 Å². The monoisotopic (exact) mass is 198 g/mol. The second-order valence-electron chi connectivity index (χ2n) is 1.60. The van der Waals surface area contributed by atoms with E-state index in [2.05, 4.69) is 12.6 Å². The molecule has 0 fully saturated rings. The smallest absolute Gasteiger partial charge is 0.480 e. The first-order valence-electron chi connectivity index (χ1n) is 2.22. The quantitative estimate of drug-likeness (QED) is 0.422. The van der Waals surface area contributed by atoms with Gasteiger partial charge in [0.15, 0.2) is 0 Å². The van der Waals surface area contributed by atoms with E-state index in [1.165, 1.54) is 0 Å². The Hall–Kier alpha value is 0.299. The number of rotatable bonds is 2. The van der Waals surface area contributed by atoms with Gasteiger partial charge < -0.3 is 10.8 Å². The van der Waals surface area contributed by atoms with E-state index in [0.717, 1.165) is 0 Å². The zero-order valence-electron chi connectivity index (χ0n) is 4.84. The van der Waals surface area contributed by atoms with Crippen molar-refractivity contribution in [3.63, 3.8) is 0 Å². The maximum Gasteiger partial charge on any atom is 2.00 e. The van der Waals surface area contributed by atoms with E-state index in [1.807, 2.05) is 0 Å². The molecular formula is C4H9CuNO2S+2. The largest absolute Gasteiger partial charge is 2.00 e. The van der Waals surface area contributed by atoms with Crippen molar-refractivity contribution in [3.05, 3.63) is 0 Å². The molecule has 2 atom stereocenters. The number of aliphatic carboxylic acids is 1. The van der Waals surface area contributed by atoms with Gasteiger partial charge in [-0.2, -0.15) is 12.6 Å². The molecule has 0 aliphatic rings. The van der Waals surface area contributed by atoms with Gasteiger partial charge in [0.1, 0.15) is 6.04 Å². The fraction of sp³-hybridized carbons (Fsp3) is 0.750. The molecule has 0 rings (SSSR count). The maximum absolute atomic E-state index is 9.97. The molecule has 0 saturated heterocycles. The van der Waals surface area contributed by atoms with Crippen LogP contribution in [0.15, 0.2) is 0 Å². The zero-order chi connectivity index (χ0) is 6.73. The van der Waals surface area contributed by atoms with Crippen LogP contribution in [0, 0.1) is 0 Å². The summed E-state index contributed by atoms with van der Waals surface area (Å²) in [4.78, 5) is 9.97. The molecule has 0 heterocycles. The number of hydrogen-bond acceptors (Lipinski definition) is 3. The summed E-state index contributed by atoms with van der Waals surface area (Å²) in [6.07, 6.45) is 0. The third kappa shape index (κ3) is 4.78. The second-order valence-corrected chi connectivity index (χ2v) is 2.42. The van der Waals surface area contributed by atoms with Gasteiger partial charge in [-0.3, -0.25) is 4.79 Å². The number of nitrogens with two attached hydrogens (primary N) is 1. The van der Waals surface area contributed by atoms with Gasteiger partial charge >= 0.3 is 23.0 Å². The average molecular weight is 199 g/mol. The van der Waals surface area contributed by atoms with E-state index in [-0.39, 0.29) is 22.3 Å². The zero-order valence-corrected chi connectivity index (χ0v) is 6.67. The molecule has 1 radical (unpaired) electrons. The molecule has 0 bridgehead atoms. The molecule has 0 saturated carbocycles. The average Bonchev–Trinajstić information content (AvgIpc) is 1.64. The summed E-state index contributed by atoms with van der Waals surface area (Å²) in [5.41, 5.74) is 5.08. The van der Waals surface area contributed by atoms with Crippen LogP contribution in [-0.2, 0) is 21.9 Å². The molecule has 0 amide bonds. The molecule has 9 heavy (non-hydrogen) atoms. The Balaban J connectivity index is 0. The summed E-state index contributed by atoms with van der Waals surface area (Å²) in [6, 6.07) is -0.849. The predicted molar refractivity (Wildman–Crippen MR) is 34.1 cm³/mol. The summed E-state index contributed by atoms with van der Waals surface area (Å²) >= 11 is 3.83. The Morgan fingerprint density at radius 2 is 2.11 bits per heavy atom. The van der Waals surface area contributed by atoms with E-state index in [0.29, 0.717) is 0 Å². The number of carboxylic acids is 1. The number of carboxylic acid groups (broad SMARTS) is 1. The molecule has 0 spiro atoms. The molecule has 2 unspecified atom stereocenters. The minimum absolute atomic E-state index is 0. The van der Waals surface area contributed by atoms with E-state index in [9.17, 15) is 4.79 Å². The van der Waals surface area contributed by atoms with Crippen LogP contribution in [0.2, 0.25) is 0 Å². The van der Waals surface area contributed by atoms with Crippen molar-refractivity contribution >= 4 is 18.6 Å². The van der Waals surface area contributed by atoms with Crippen molar-refractivity contribution in [2.45, 2.75) is 18.2 Å². The number of thiol groups is 1. The van der Waals surface area contributed by atoms with Gasteiger partial charge in [0.05, 0.1) is 0 Å². The van der Waals surface area contributed by atoms with Gasteiger partial charge in [0.2, 0.25) is 0 Å². The van der Waals surface area contributed by atoms with E-state index in [1.54, 1.807) is 6.92 Å². The van der Waals surface area contributed by atoms with Crippen molar-refractivity contribution in [2.24, 2.45) is 5.73 Å². The molecular weight excluding hydrogens is 190 g/mol. The fourth-order valence-corrected chi connectivity index (χ4v) is 0.334. The SMILES string of the molecule is CC(S)C(N)C(=O)O.[Cu+2]. The molecule has 5 heteroatoms. The summed E-state index contributed by atoms with van der Waals surface area (Å²) in [7, 11) is 0. The van der Waals surface area contributed by atoms with Gasteiger partial charge in [-0.25, -0.2) is 0 Å². The maximum atomic E-state index is 9.97. The Kier molecular flexibility index (Phi) is 6.83. The third-order valence-electron chi connectivity index (χ3n) is 0.805. The fourth-order valence-electron chi connectivity index (χ4n) is 0.206. The molecule has 0 aromatic rings.